The Kier molecular flexibility index (Phi) is 4.94. The highest BCUT2D eigenvalue weighted by atomic mass is 19.1. The molecule has 0 aliphatic carbocycles. The third-order valence-corrected chi connectivity index (χ3v) is 5.86. The van der Waals surface area contributed by atoms with E-state index in [1.54, 1.807) is 24.5 Å². The van der Waals surface area contributed by atoms with Gasteiger partial charge in [0, 0.05) is 49.7 Å². The predicted molar refractivity (Wildman–Crippen MR) is 111 cm³/mol. The molecule has 0 radical (unpaired) electrons. The lowest BCUT2D eigenvalue weighted by Gasteiger charge is -2.35. The Morgan fingerprint density at radius 1 is 1.03 bits per heavy atom. The van der Waals surface area contributed by atoms with Crippen LogP contribution in [0.5, 0.6) is 0 Å². The quantitative estimate of drug-likeness (QED) is 0.737. The standard InChI is InChI=1S/C23H24FN5/c24-19-5-3-16(4-6-19)12-17-2-1-11-29(15-17)23-20-13-26-14-21(20)27-22(28-23)18-7-9-25-10-8-18/h3-10,17,26H,1-2,11-15H2/t17-/m0/s1. The molecular weight excluding hydrogens is 365 g/mol. The summed E-state index contributed by atoms with van der Waals surface area (Å²) in [4.78, 5) is 16.3. The number of fused-ring (bicyclic) bond motifs is 1. The number of halogens is 1. The van der Waals surface area contributed by atoms with Gasteiger partial charge in [0.1, 0.15) is 11.6 Å². The number of nitrogens with one attached hydrogen (secondary N) is 1. The van der Waals surface area contributed by atoms with Crippen molar-refractivity contribution in [2.24, 2.45) is 5.92 Å². The van der Waals surface area contributed by atoms with Crippen molar-refractivity contribution in [2.45, 2.75) is 32.4 Å². The van der Waals surface area contributed by atoms with Crippen LogP contribution in [0.25, 0.3) is 11.4 Å². The number of pyridine rings is 1. The molecule has 1 atom stereocenters. The molecule has 29 heavy (non-hydrogen) atoms. The Labute approximate surface area is 170 Å². The molecule has 1 aromatic carbocycles. The normalized spacial score (nSPS) is 18.7. The summed E-state index contributed by atoms with van der Waals surface area (Å²) in [5.41, 5.74) is 4.52. The molecule has 1 saturated heterocycles. The van der Waals surface area contributed by atoms with Crippen molar-refractivity contribution in [3.05, 3.63) is 71.4 Å². The lowest BCUT2D eigenvalue weighted by molar-refractivity contribution is 0.410. The first kappa shape index (κ1) is 18.2. The average Bonchev–Trinajstić information content (AvgIpc) is 3.24. The van der Waals surface area contributed by atoms with E-state index in [0.29, 0.717) is 5.92 Å². The summed E-state index contributed by atoms with van der Waals surface area (Å²) in [6, 6.07) is 10.8. The number of anilines is 1. The monoisotopic (exact) mass is 389 g/mol. The minimum absolute atomic E-state index is 0.174. The first-order valence-electron chi connectivity index (χ1n) is 10.3. The molecule has 4 heterocycles. The maximum Gasteiger partial charge on any atom is 0.161 e. The highest BCUT2D eigenvalue weighted by Crippen LogP contribution is 2.31. The molecule has 3 aromatic rings. The zero-order valence-electron chi connectivity index (χ0n) is 16.3. The summed E-state index contributed by atoms with van der Waals surface area (Å²) >= 11 is 0. The van der Waals surface area contributed by atoms with Gasteiger partial charge in [0.25, 0.3) is 0 Å². The second kappa shape index (κ2) is 7.87. The van der Waals surface area contributed by atoms with Crippen LogP contribution in [0.1, 0.15) is 29.7 Å². The Morgan fingerprint density at radius 3 is 2.69 bits per heavy atom. The third-order valence-electron chi connectivity index (χ3n) is 5.86. The van der Waals surface area contributed by atoms with Crippen molar-refractivity contribution >= 4 is 5.82 Å². The highest BCUT2D eigenvalue weighted by Gasteiger charge is 2.27. The van der Waals surface area contributed by atoms with E-state index in [9.17, 15) is 4.39 Å². The van der Waals surface area contributed by atoms with Crippen molar-refractivity contribution < 1.29 is 4.39 Å². The van der Waals surface area contributed by atoms with Crippen molar-refractivity contribution in [3.8, 4) is 11.4 Å². The topological polar surface area (TPSA) is 53.9 Å². The summed E-state index contributed by atoms with van der Waals surface area (Å²) in [5, 5.41) is 3.43. The molecular formula is C23H24FN5. The Balaban J connectivity index is 1.42. The average molecular weight is 389 g/mol. The molecule has 6 heteroatoms. The summed E-state index contributed by atoms with van der Waals surface area (Å²) in [7, 11) is 0. The summed E-state index contributed by atoms with van der Waals surface area (Å²) in [5.74, 6) is 2.20. The van der Waals surface area contributed by atoms with Crippen LogP contribution in [0.15, 0.2) is 48.8 Å². The highest BCUT2D eigenvalue weighted by molar-refractivity contribution is 5.61. The van der Waals surface area contributed by atoms with E-state index in [1.165, 1.54) is 17.5 Å². The van der Waals surface area contributed by atoms with Crippen molar-refractivity contribution in [2.75, 3.05) is 18.0 Å². The number of nitrogens with zero attached hydrogens (tertiary/aromatic N) is 4. The molecule has 0 saturated carbocycles. The molecule has 1 N–H and O–H groups in total. The van der Waals surface area contributed by atoms with Crippen LogP contribution in [0.3, 0.4) is 0 Å². The zero-order valence-corrected chi connectivity index (χ0v) is 16.3. The molecule has 0 spiro atoms. The fourth-order valence-corrected chi connectivity index (χ4v) is 4.42. The molecule has 1 fully saturated rings. The summed E-state index contributed by atoms with van der Waals surface area (Å²) in [6.45, 7) is 3.59. The molecule has 2 aliphatic rings. The Bertz CT molecular complexity index is 990. The van der Waals surface area contributed by atoms with E-state index in [4.69, 9.17) is 9.97 Å². The Hall–Kier alpha value is -2.86. The van der Waals surface area contributed by atoms with E-state index in [0.717, 1.165) is 61.9 Å². The minimum atomic E-state index is -0.174. The second-order valence-electron chi connectivity index (χ2n) is 7.92. The molecule has 0 amide bonds. The van der Waals surface area contributed by atoms with Gasteiger partial charge in [0.05, 0.1) is 5.69 Å². The number of aromatic nitrogens is 3. The van der Waals surface area contributed by atoms with E-state index in [1.807, 2.05) is 24.3 Å². The number of hydrogen-bond donors (Lipinski definition) is 1. The van der Waals surface area contributed by atoms with Gasteiger partial charge in [-0.15, -0.1) is 0 Å². The molecule has 5 nitrogen and oxygen atoms in total. The molecule has 0 unspecified atom stereocenters. The number of benzene rings is 1. The van der Waals surface area contributed by atoms with Gasteiger partial charge in [-0.3, -0.25) is 4.98 Å². The minimum Gasteiger partial charge on any atom is -0.356 e. The number of piperidine rings is 1. The van der Waals surface area contributed by atoms with Crippen LogP contribution in [-0.4, -0.2) is 28.0 Å². The zero-order chi connectivity index (χ0) is 19.6. The predicted octanol–water partition coefficient (Wildman–Crippen LogP) is 3.74. The van der Waals surface area contributed by atoms with E-state index < -0.39 is 0 Å². The Morgan fingerprint density at radius 2 is 1.86 bits per heavy atom. The number of rotatable bonds is 4. The lowest BCUT2D eigenvalue weighted by Crippen LogP contribution is -2.37. The van der Waals surface area contributed by atoms with Gasteiger partial charge < -0.3 is 10.2 Å². The van der Waals surface area contributed by atoms with Gasteiger partial charge in [-0.1, -0.05) is 12.1 Å². The van der Waals surface area contributed by atoms with E-state index in [2.05, 4.69) is 15.2 Å². The lowest BCUT2D eigenvalue weighted by atomic mass is 9.91. The fourth-order valence-electron chi connectivity index (χ4n) is 4.42. The van der Waals surface area contributed by atoms with Crippen molar-refractivity contribution in [3.63, 3.8) is 0 Å². The van der Waals surface area contributed by atoms with Gasteiger partial charge >= 0.3 is 0 Å². The van der Waals surface area contributed by atoms with Gasteiger partial charge in [0.15, 0.2) is 5.82 Å². The first-order valence-corrected chi connectivity index (χ1v) is 10.3. The number of hydrogen-bond acceptors (Lipinski definition) is 5. The molecule has 2 aliphatic heterocycles. The fraction of sp³-hybridized carbons (Fsp3) is 0.348. The van der Waals surface area contributed by atoms with Crippen LogP contribution in [0.2, 0.25) is 0 Å². The van der Waals surface area contributed by atoms with Crippen LogP contribution in [0.4, 0.5) is 10.2 Å². The summed E-state index contributed by atoms with van der Waals surface area (Å²) in [6.07, 6.45) is 6.87. The van der Waals surface area contributed by atoms with Crippen LogP contribution in [0, 0.1) is 11.7 Å². The smallest absolute Gasteiger partial charge is 0.161 e. The van der Waals surface area contributed by atoms with Gasteiger partial charge in [-0.05, 0) is 55.0 Å². The second-order valence-corrected chi connectivity index (χ2v) is 7.92. The van der Waals surface area contributed by atoms with Crippen molar-refractivity contribution in [1.82, 2.24) is 20.3 Å². The summed E-state index contributed by atoms with van der Waals surface area (Å²) < 4.78 is 13.2. The largest absolute Gasteiger partial charge is 0.356 e. The van der Waals surface area contributed by atoms with Crippen LogP contribution >= 0.6 is 0 Å². The van der Waals surface area contributed by atoms with E-state index >= 15 is 0 Å². The maximum absolute atomic E-state index is 13.2. The van der Waals surface area contributed by atoms with Crippen LogP contribution in [-0.2, 0) is 19.5 Å². The first-order chi connectivity index (χ1) is 14.3. The molecule has 148 valence electrons. The van der Waals surface area contributed by atoms with Gasteiger partial charge in [-0.25, -0.2) is 14.4 Å². The third kappa shape index (κ3) is 3.85. The molecule has 2 aromatic heterocycles. The van der Waals surface area contributed by atoms with Gasteiger partial charge in [-0.2, -0.15) is 0 Å². The van der Waals surface area contributed by atoms with E-state index in [-0.39, 0.29) is 5.82 Å². The molecule has 0 bridgehead atoms. The van der Waals surface area contributed by atoms with Gasteiger partial charge in [0.2, 0.25) is 0 Å². The van der Waals surface area contributed by atoms with Crippen LogP contribution < -0.4 is 10.2 Å². The SMILES string of the molecule is Fc1ccc(C[C@@H]2CCCN(c3nc(-c4ccncc4)nc4c3CNC4)C2)cc1. The maximum atomic E-state index is 13.2. The molecule has 5 rings (SSSR count). The van der Waals surface area contributed by atoms with Crippen molar-refractivity contribution in [1.29, 1.82) is 0 Å².